The summed E-state index contributed by atoms with van der Waals surface area (Å²) >= 11 is 1.53. The van der Waals surface area contributed by atoms with E-state index in [1.807, 2.05) is 11.9 Å². The Labute approximate surface area is 70.8 Å². The summed E-state index contributed by atoms with van der Waals surface area (Å²) in [5, 5.41) is 8.45. The third-order valence-electron chi connectivity index (χ3n) is 1.79. The summed E-state index contributed by atoms with van der Waals surface area (Å²) in [4.78, 5) is 12.6. The largest absolute Gasteiger partial charge is 0.479 e. The fourth-order valence-electron chi connectivity index (χ4n) is 1.16. The van der Waals surface area contributed by atoms with Gasteiger partial charge < -0.3 is 5.11 Å². The second-order valence-electron chi connectivity index (χ2n) is 2.75. The molecule has 1 aliphatic rings. The first-order chi connectivity index (χ1) is 5.22. The summed E-state index contributed by atoms with van der Waals surface area (Å²) in [5.74, 6) is 0.265. The first-order valence-corrected chi connectivity index (χ1v) is 4.81. The molecular weight excluding hydrogens is 162 g/mol. The Morgan fingerprint density at radius 1 is 1.64 bits per heavy atom. The highest BCUT2D eigenvalue weighted by Gasteiger charge is 2.24. The van der Waals surface area contributed by atoms with E-state index in [-0.39, 0.29) is 5.37 Å². The van der Waals surface area contributed by atoms with Crippen LogP contribution in [0.4, 0.5) is 0 Å². The zero-order valence-corrected chi connectivity index (χ0v) is 7.43. The van der Waals surface area contributed by atoms with Crippen LogP contribution in [0.5, 0.6) is 0 Å². The number of aliphatic carboxylic acids is 1. The standard InChI is InChI=1S/C7H13NO2S/c1-8-4-2-3-5-11-6(8)7(9)10/h6H,2-5H2,1H3,(H,9,10). The van der Waals surface area contributed by atoms with Crippen molar-refractivity contribution in [1.82, 2.24) is 4.90 Å². The molecule has 64 valence electrons. The fraction of sp³-hybridized carbons (Fsp3) is 0.857. The van der Waals surface area contributed by atoms with Crippen molar-refractivity contribution in [3.63, 3.8) is 0 Å². The maximum atomic E-state index is 10.7. The van der Waals surface area contributed by atoms with Gasteiger partial charge in [-0.25, -0.2) is 4.79 Å². The van der Waals surface area contributed by atoms with Crippen LogP contribution in [0.3, 0.4) is 0 Å². The van der Waals surface area contributed by atoms with Crippen LogP contribution >= 0.6 is 11.8 Å². The molecule has 0 aromatic carbocycles. The number of thioether (sulfide) groups is 1. The number of rotatable bonds is 1. The zero-order valence-electron chi connectivity index (χ0n) is 6.62. The van der Waals surface area contributed by atoms with Gasteiger partial charge in [-0.1, -0.05) is 0 Å². The minimum Gasteiger partial charge on any atom is -0.479 e. The average molecular weight is 175 g/mol. The molecule has 0 aromatic heterocycles. The quantitative estimate of drug-likeness (QED) is 0.641. The maximum Gasteiger partial charge on any atom is 0.331 e. The Kier molecular flexibility index (Phi) is 3.20. The molecule has 1 N–H and O–H groups in total. The summed E-state index contributed by atoms with van der Waals surface area (Å²) in [6.45, 7) is 0.907. The van der Waals surface area contributed by atoms with Crippen LogP contribution in [0.25, 0.3) is 0 Å². The van der Waals surface area contributed by atoms with Gasteiger partial charge in [0.2, 0.25) is 0 Å². The van der Waals surface area contributed by atoms with Crippen molar-refractivity contribution in [2.24, 2.45) is 0 Å². The Morgan fingerprint density at radius 3 is 3.00 bits per heavy atom. The molecule has 1 heterocycles. The lowest BCUT2D eigenvalue weighted by Crippen LogP contribution is -2.35. The van der Waals surface area contributed by atoms with E-state index in [2.05, 4.69) is 0 Å². The SMILES string of the molecule is CN1CCCCSC1C(=O)O. The van der Waals surface area contributed by atoms with Gasteiger partial charge in [-0.3, -0.25) is 4.90 Å². The van der Waals surface area contributed by atoms with Gasteiger partial charge in [-0.05, 0) is 32.2 Å². The molecule has 0 aliphatic carbocycles. The highest BCUT2D eigenvalue weighted by atomic mass is 32.2. The molecule has 1 aliphatic heterocycles. The third kappa shape index (κ3) is 2.38. The second-order valence-corrected chi connectivity index (χ2v) is 3.94. The smallest absolute Gasteiger partial charge is 0.331 e. The lowest BCUT2D eigenvalue weighted by molar-refractivity contribution is -0.139. The molecule has 0 bridgehead atoms. The Balaban J connectivity index is 2.52. The molecule has 4 heteroatoms. The van der Waals surface area contributed by atoms with Crippen molar-refractivity contribution in [2.45, 2.75) is 18.2 Å². The summed E-state index contributed by atoms with van der Waals surface area (Å²) < 4.78 is 0. The number of hydrogen-bond donors (Lipinski definition) is 1. The molecule has 1 rings (SSSR count). The molecule has 0 amide bonds. The summed E-state index contributed by atoms with van der Waals surface area (Å²) in [6, 6.07) is 0. The van der Waals surface area contributed by atoms with Gasteiger partial charge in [0.25, 0.3) is 0 Å². The minimum atomic E-state index is -0.709. The summed E-state index contributed by atoms with van der Waals surface area (Å²) in [6.07, 6.45) is 2.26. The van der Waals surface area contributed by atoms with E-state index in [0.29, 0.717) is 0 Å². The van der Waals surface area contributed by atoms with E-state index in [4.69, 9.17) is 5.11 Å². The van der Waals surface area contributed by atoms with Crippen LogP contribution in [-0.2, 0) is 4.79 Å². The van der Waals surface area contributed by atoms with Gasteiger partial charge in [0.15, 0.2) is 5.37 Å². The van der Waals surface area contributed by atoms with Crippen LogP contribution in [0, 0.1) is 0 Å². The topological polar surface area (TPSA) is 40.5 Å². The maximum absolute atomic E-state index is 10.7. The summed E-state index contributed by atoms with van der Waals surface area (Å²) in [7, 11) is 1.87. The number of nitrogens with zero attached hydrogens (tertiary/aromatic N) is 1. The Morgan fingerprint density at radius 2 is 2.36 bits per heavy atom. The Bertz CT molecular complexity index is 151. The Hall–Kier alpha value is -0.220. The highest BCUT2D eigenvalue weighted by molar-refractivity contribution is 8.00. The van der Waals surface area contributed by atoms with Gasteiger partial charge in [0.05, 0.1) is 0 Å². The van der Waals surface area contributed by atoms with Crippen LogP contribution in [0.2, 0.25) is 0 Å². The minimum absolute atomic E-state index is 0.322. The number of carboxylic acid groups (broad SMARTS) is 1. The van der Waals surface area contributed by atoms with Crippen molar-refractivity contribution in [1.29, 1.82) is 0 Å². The van der Waals surface area contributed by atoms with E-state index in [1.165, 1.54) is 11.8 Å². The molecule has 0 aromatic rings. The van der Waals surface area contributed by atoms with E-state index in [9.17, 15) is 4.79 Å². The normalized spacial score (nSPS) is 27.9. The van der Waals surface area contributed by atoms with Crippen molar-refractivity contribution >= 4 is 17.7 Å². The number of carboxylic acids is 1. The van der Waals surface area contributed by atoms with E-state index in [1.54, 1.807) is 0 Å². The van der Waals surface area contributed by atoms with Crippen molar-refractivity contribution in [3.05, 3.63) is 0 Å². The third-order valence-corrected chi connectivity index (χ3v) is 3.19. The van der Waals surface area contributed by atoms with Gasteiger partial charge in [-0.15, -0.1) is 11.8 Å². The van der Waals surface area contributed by atoms with Gasteiger partial charge in [0, 0.05) is 0 Å². The first-order valence-electron chi connectivity index (χ1n) is 3.76. The monoisotopic (exact) mass is 175 g/mol. The zero-order chi connectivity index (χ0) is 8.27. The number of hydrogen-bond acceptors (Lipinski definition) is 3. The van der Waals surface area contributed by atoms with Crippen molar-refractivity contribution in [2.75, 3.05) is 19.3 Å². The lowest BCUT2D eigenvalue weighted by atomic mass is 10.3. The van der Waals surface area contributed by atoms with Crippen LogP contribution < -0.4 is 0 Å². The molecule has 0 spiro atoms. The van der Waals surface area contributed by atoms with E-state index >= 15 is 0 Å². The predicted octanol–water partition coefficient (Wildman–Crippen LogP) is 0.856. The van der Waals surface area contributed by atoms with Crippen molar-refractivity contribution < 1.29 is 9.90 Å². The highest BCUT2D eigenvalue weighted by Crippen LogP contribution is 2.20. The molecule has 1 fully saturated rings. The van der Waals surface area contributed by atoms with Crippen LogP contribution in [-0.4, -0.2) is 40.7 Å². The first kappa shape index (κ1) is 8.87. The number of likely N-dealkylation sites (N-methyl/N-ethyl adjacent to an activating group) is 1. The van der Waals surface area contributed by atoms with Gasteiger partial charge >= 0.3 is 5.97 Å². The molecule has 11 heavy (non-hydrogen) atoms. The van der Waals surface area contributed by atoms with Crippen LogP contribution in [0.1, 0.15) is 12.8 Å². The average Bonchev–Trinajstić information content (AvgIpc) is 2.13. The van der Waals surface area contributed by atoms with Crippen LogP contribution in [0.15, 0.2) is 0 Å². The van der Waals surface area contributed by atoms with E-state index < -0.39 is 5.97 Å². The summed E-state index contributed by atoms with van der Waals surface area (Å²) in [5.41, 5.74) is 0. The molecule has 1 unspecified atom stereocenters. The molecular formula is C7H13NO2S. The van der Waals surface area contributed by atoms with Crippen molar-refractivity contribution in [3.8, 4) is 0 Å². The van der Waals surface area contributed by atoms with Gasteiger partial charge in [-0.2, -0.15) is 0 Å². The van der Waals surface area contributed by atoms with E-state index in [0.717, 1.165) is 25.1 Å². The molecule has 1 saturated heterocycles. The van der Waals surface area contributed by atoms with Gasteiger partial charge in [0.1, 0.15) is 0 Å². The lowest BCUT2D eigenvalue weighted by Gasteiger charge is -2.20. The fourth-order valence-corrected chi connectivity index (χ4v) is 2.26. The molecule has 0 saturated carbocycles. The predicted molar refractivity (Wildman–Crippen MR) is 45.7 cm³/mol. The molecule has 0 radical (unpaired) electrons. The second kappa shape index (κ2) is 3.97. The molecule has 1 atom stereocenters. The number of carbonyl (C=O) groups is 1. The molecule has 3 nitrogen and oxygen atoms in total.